The average Bonchev–Trinajstić information content (AvgIpc) is 3.06. The predicted molar refractivity (Wildman–Crippen MR) is 96.6 cm³/mol. The third-order valence-electron chi connectivity index (χ3n) is 3.67. The highest BCUT2D eigenvalue weighted by Gasteiger charge is 2.16. The van der Waals surface area contributed by atoms with Gasteiger partial charge in [0.05, 0.1) is 26.2 Å². The van der Waals surface area contributed by atoms with Crippen LogP contribution in [0.4, 0.5) is 0 Å². The van der Waals surface area contributed by atoms with Crippen molar-refractivity contribution in [3.63, 3.8) is 0 Å². The Kier molecular flexibility index (Phi) is 5.47. The summed E-state index contributed by atoms with van der Waals surface area (Å²) in [5.41, 5.74) is 1.17. The van der Waals surface area contributed by atoms with Gasteiger partial charge in [0.1, 0.15) is 5.69 Å². The van der Waals surface area contributed by atoms with Crippen molar-refractivity contribution in [3.05, 3.63) is 42.4 Å². The Morgan fingerprint density at radius 1 is 1.15 bits per heavy atom. The molecule has 2 aromatic heterocycles. The summed E-state index contributed by atoms with van der Waals surface area (Å²) in [6.45, 7) is 0. The van der Waals surface area contributed by atoms with Gasteiger partial charge in [-0.05, 0) is 18.2 Å². The minimum Gasteiger partial charge on any atom is -0.493 e. The van der Waals surface area contributed by atoms with Gasteiger partial charge in [-0.3, -0.25) is 9.78 Å². The van der Waals surface area contributed by atoms with E-state index in [1.165, 1.54) is 18.9 Å². The molecule has 0 atom stereocenters. The molecule has 0 unspecified atom stereocenters. The van der Waals surface area contributed by atoms with Gasteiger partial charge in [0.2, 0.25) is 0 Å². The van der Waals surface area contributed by atoms with Crippen LogP contribution in [-0.2, 0) is 7.05 Å². The molecule has 1 aromatic carbocycles. The number of ether oxygens (including phenoxy) is 2. The maximum absolute atomic E-state index is 12.5. The maximum atomic E-state index is 12.5. The quantitative estimate of drug-likeness (QED) is 0.461. The zero-order chi connectivity index (χ0) is 18.5. The minimum atomic E-state index is -0.0417. The van der Waals surface area contributed by atoms with Crippen LogP contribution in [0.2, 0.25) is 0 Å². The van der Waals surface area contributed by atoms with Crippen molar-refractivity contribution in [2.75, 3.05) is 20.0 Å². The van der Waals surface area contributed by atoms with Crippen LogP contribution in [0, 0.1) is 0 Å². The molecule has 0 N–H and O–H groups in total. The largest absolute Gasteiger partial charge is 0.493 e. The van der Waals surface area contributed by atoms with Crippen LogP contribution in [-0.4, -0.2) is 50.5 Å². The lowest BCUT2D eigenvalue weighted by molar-refractivity contribution is 0.102. The highest BCUT2D eigenvalue weighted by Crippen LogP contribution is 2.28. The standard InChI is InChI=1S/C17H17N5O3S/c1-22-16(12-9-18-6-7-19-12)20-21-17(22)26-10-13(23)11-4-5-14(24-2)15(8-11)25-3/h4-9H,10H2,1-3H3. The van der Waals surface area contributed by atoms with Crippen molar-refractivity contribution < 1.29 is 14.3 Å². The topological polar surface area (TPSA) is 92.0 Å². The number of carbonyl (C=O) groups excluding carboxylic acids is 1. The molecule has 0 amide bonds. The van der Waals surface area contributed by atoms with Gasteiger partial charge in [-0.15, -0.1) is 10.2 Å². The zero-order valence-corrected chi connectivity index (χ0v) is 15.4. The molecule has 26 heavy (non-hydrogen) atoms. The third-order valence-corrected chi connectivity index (χ3v) is 4.69. The number of carbonyl (C=O) groups is 1. The van der Waals surface area contributed by atoms with Crippen molar-refractivity contribution in [2.45, 2.75) is 5.16 Å². The van der Waals surface area contributed by atoms with Crippen molar-refractivity contribution in [1.82, 2.24) is 24.7 Å². The lowest BCUT2D eigenvalue weighted by Crippen LogP contribution is -2.05. The Morgan fingerprint density at radius 3 is 2.65 bits per heavy atom. The molecule has 2 heterocycles. The lowest BCUT2D eigenvalue weighted by atomic mass is 10.1. The van der Waals surface area contributed by atoms with E-state index in [4.69, 9.17) is 9.47 Å². The number of Topliss-reactive ketones (excluding diaryl/α,β-unsaturated/α-hetero) is 1. The average molecular weight is 371 g/mol. The summed E-state index contributed by atoms with van der Waals surface area (Å²) in [5, 5.41) is 8.88. The number of nitrogens with zero attached hydrogens (tertiary/aromatic N) is 5. The number of thioether (sulfide) groups is 1. The zero-order valence-electron chi connectivity index (χ0n) is 14.5. The first kappa shape index (κ1) is 17.9. The summed E-state index contributed by atoms with van der Waals surface area (Å²) < 4.78 is 12.2. The minimum absolute atomic E-state index is 0.0417. The van der Waals surface area contributed by atoms with Crippen LogP contribution in [0.5, 0.6) is 11.5 Å². The molecule has 8 nitrogen and oxygen atoms in total. The van der Waals surface area contributed by atoms with Crippen LogP contribution in [0.25, 0.3) is 11.5 Å². The first-order valence-corrected chi connectivity index (χ1v) is 8.66. The predicted octanol–water partition coefficient (Wildman–Crippen LogP) is 2.26. The molecule has 9 heteroatoms. The number of benzene rings is 1. The molecule has 0 saturated carbocycles. The van der Waals surface area contributed by atoms with Crippen LogP contribution < -0.4 is 9.47 Å². The van der Waals surface area contributed by atoms with Crippen molar-refractivity contribution in [1.29, 1.82) is 0 Å². The van der Waals surface area contributed by atoms with Gasteiger partial charge in [-0.1, -0.05) is 11.8 Å². The first-order valence-electron chi connectivity index (χ1n) is 7.68. The smallest absolute Gasteiger partial charge is 0.191 e. The van der Waals surface area contributed by atoms with E-state index in [-0.39, 0.29) is 11.5 Å². The van der Waals surface area contributed by atoms with Gasteiger partial charge in [0.15, 0.2) is 28.3 Å². The Balaban J connectivity index is 1.72. The van der Waals surface area contributed by atoms with Crippen LogP contribution >= 0.6 is 11.8 Å². The number of aromatic nitrogens is 5. The van der Waals surface area contributed by atoms with Crippen molar-refractivity contribution in [2.24, 2.45) is 7.05 Å². The molecular weight excluding hydrogens is 354 g/mol. The van der Waals surface area contributed by atoms with Crippen LogP contribution in [0.3, 0.4) is 0 Å². The number of ketones is 1. The first-order chi connectivity index (χ1) is 12.6. The second kappa shape index (κ2) is 7.96. The number of hydrogen-bond acceptors (Lipinski definition) is 8. The van der Waals surface area contributed by atoms with Crippen molar-refractivity contribution in [3.8, 4) is 23.0 Å². The van der Waals surface area contributed by atoms with E-state index >= 15 is 0 Å². The number of rotatable bonds is 7. The number of hydrogen-bond donors (Lipinski definition) is 0. The van der Waals surface area contributed by atoms with Gasteiger partial charge in [-0.25, -0.2) is 4.98 Å². The van der Waals surface area contributed by atoms with E-state index in [9.17, 15) is 4.79 Å². The molecule has 0 saturated heterocycles. The fraction of sp³-hybridized carbons (Fsp3) is 0.235. The van der Waals surface area contributed by atoms with Crippen molar-refractivity contribution >= 4 is 17.5 Å². The second-order valence-corrected chi connectivity index (χ2v) is 6.18. The molecule has 0 fully saturated rings. The van der Waals surface area contributed by atoms with Gasteiger partial charge >= 0.3 is 0 Å². The van der Waals surface area contributed by atoms with E-state index in [0.29, 0.717) is 33.7 Å². The molecule has 0 bridgehead atoms. The third kappa shape index (κ3) is 3.67. The normalized spacial score (nSPS) is 10.6. The molecule has 0 aliphatic rings. The van der Waals surface area contributed by atoms with Crippen LogP contribution in [0.1, 0.15) is 10.4 Å². The monoisotopic (exact) mass is 371 g/mol. The van der Waals surface area contributed by atoms with Gasteiger partial charge in [0, 0.05) is 25.0 Å². The fourth-order valence-electron chi connectivity index (χ4n) is 2.30. The Morgan fingerprint density at radius 2 is 1.96 bits per heavy atom. The van der Waals surface area contributed by atoms with Gasteiger partial charge in [-0.2, -0.15) is 0 Å². The molecule has 0 aliphatic heterocycles. The van der Waals surface area contributed by atoms with E-state index in [0.717, 1.165) is 0 Å². The lowest BCUT2D eigenvalue weighted by Gasteiger charge is -2.09. The Bertz CT molecular complexity index is 914. The Hall–Kier alpha value is -2.94. The van der Waals surface area contributed by atoms with E-state index < -0.39 is 0 Å². The molecule has 0 spiro atoms. The summed E-state index contributed by atoms with van der Waals surface area (Å²) in [4.78, 5) is 20.7. The van der Waals surface area contributed by atoms with Gasteiger partial charge < -0.3 is 14.0 Å². The molecular formula is C17H17N5O3S. The van der Waals surface area contributed by atoms with Gasteiger partial charge in [0.25, 0.3) is 0 Å². The molecule has 0 aliphatic carbocycles. The fourth-order valence-corrected chi connectivity index (χ4v) is 3.11. The highest BCUT2D eigenvalue weighted by molar-refractivity contribution is 7.99. The summed E-state index contributed by atoms with van der Waals surface area (Å²) >= 11 is 1.31. The van der Waals surface area contributed by atoms with E-state index in [1.54, 1.807) is 48.5 Å². The summed E-state index contributed by atoms with van der Waals surface area (Å²) in [6, 6.07) is 5.10. The SMILES string of the molecule is COc1ccc(C(=O)CSc2nnc(-c3cnccn3)n2C)cc1OC. The van der Waals surface area contributed by atoms with Crippen LogP contribution in [0.15, 0.2) is 41.9 Å². The second-order valence-electron chi connectivity index (χ2n) is 5.24. The molecule has 3 aromatic rings. The summed E-state index contributed by atoms with van der Waals surface area (Å²) in [7, 11) is 4.92. The molecule has 3 rings (SSSR count). The van der Waals surface area contributed by atoms with E-state index in [2.05, 4.69) is 20.2 Å². The summed E-state index contributed by atoms with van der Waals surface area (Å²) in [5.74, 6) is 1.88. The van der Waals surface area contributed by atoms with E-state index in [1.807, 2.05) is 7.05 Å². The molecule has 134 valence electrons. The highest BCUT2D eigenvalue weighted by atomic mass is 32.2. The maximum Gasteiger partial charge on any atom is 0.191 e. The summed E-state index contributed by atoms with van der Waals surface area (Å²) in [6.07, 6.45) is 4.81. The molecule has 0 radical (unpaired) electrons. The number of methoxy groups -OCH3 is 2. The Labute approximate surface area is 154 Å².